The van der Waals surface area contributed by atoms with Gasteiger partial charge in [-0.1, -0.05) is 46.9 Å². The zero-order chi connectivity index (χ0) is 22.4. The van der Waals surface area contributed by atoms with Crippen LogP contribution >= 0.6 is 34.8 Å². The molecule has 1 aliphatic rings. The number of benzene rings is 2. The Hall–Kier alpha value is -2.60. The maximum atomic E-state index is 14.3. The Morgan fingerprint density at radius 1 is 1.10 bits per heavy atom. The molecule has 4 rings (SSSR count). The van der Waals surface area contributed by atoms with Crippen molar-refractivity contribution in [3.63, 3.8) is 0 Å². The van der Waals surface area contributed by atoms with Gasteiger partial charge < -0.3 is 0 Å². The van der Waals surface area contributed by atoms with Gasteiger partial charge in [-0.2, -0.15) is 23.5 Å². The molecule has 0 saturated heterocycles. The van der Waals surface area contributed by atoms with Crippen LogP contribution in [0.3, 0.4) is 0 Å². The van der Waals surface area contributed by atoms with Gasteiger partial charge in [-0.25, -0.2) is 9.67 Å². The molecule has 1 unspecified atom stereocenters. The molecule has 5 nitrogen and oxygen atoms in total. The van der Waals surface area contributed by atoms with Crippen molar-refractivity contribution < 1.29 is 13.2 Å². The molecule has 31 heavy (non-hydrogen) atoms. The van der Waals surface area contributed by atoms with Crippen molar-refractivity contribution in [1.82, 2.24) is 14.8 Å². The highest BCUT2D eigenvalue weighted by Gasteiger charge is 2.59. The first kappa shape index (κ1) is 21.6. The fourth-order valence-electron chi connectivity index (χ4n) is 3.58. The highest BCUT2D eigenvalue weighted by molar-refractivity contribution is 6.48. The maximum Gasteiger partial charge on any atom is 0.400 e. The molecule has 0 fully saturated rings. The van der Waals surface area contributed by atoms with Gasteiger partial charge in [0.15, 0.2) is 0 Å². The molecule has 0 saturated carbocycles. The topological polar surface area (TPSA) is 66.9 Å². The van der Waals surface area contributed by atoms with Gasteiger partial charge in [0, 0.05) is 12.1 Å². The Kier molecular flexibility index (Phi) is 5.46. The number of halogens is 6. The molecular formula is C20H11Cl3F3N5. The summed E-state index contributed by atoms with van der Waals surface area (Å²) in [6.07, 6.45) is -2.38. The van der Waals surface area contributed by atoms with Gasteiger partial charge in [0.2, 0.25) is 0 Å². The van der Waals surface area contributed by atoms with Gasteiger partial charge >= 0.3 is 6.18 Å². The third kappa shape index (κ3) is 3.57. The first-order valence-corrected chi connectivity index (χ1v) is 9.95. The van der Waals surface area contributed by atoms with Crippen molar-refractivity contribution in [3.8, 4) is 11.8 Å². The van der Waals surface area contributed by atoms with Crippen LogP contribution in [0, 0.1) is 11.3 Å². The van der Waals surface area contributed by atoms with Gasteiger partial charge in [0.1, 0.15) is 24.1 Å². The van der Waals surface area contributed by atoms with Crippen LogP contribution in [0.25, 0.3) is 5.69 Å². The Labute approximate surface area is 189 Å². The van der Waals surface area contributed by atoms with E-state index < -0.39 is 24.6 Å². The van der Waals surface area contributed by atoms with Crippen molar-refractivity contribution >= 4 is 40.5 Å². The van der Waals surface area contributed by atoms with Crippen LogP contribution in [0.4, 0.5) is 13.2 Å². The molecular weight excluding hydrogens is 474 g/mol. The van der Waals surface area contributed by atoms with E-state index in [4.69, 9.17) is 34.8 Å². The van der Waals surface area contributed by atoms with E-state index in [1.165, 1.54) is 35.5 Å². The monoisotopic (exact) mass is 483 g/mol. The van der Waals surface area contributed by atoms with Crippen LogP contribution < -0.4 is 0 Å². The summed E-state index contributed by atoms with van der Waals surface area (Å²) in [7, 11) is 0. The number of aromatic nitrogens is 3. The van der Waals surface area contributed by atoms with E-state index in [2.05, 4.69) is 15.1 Å². The third-order valence-electron chi connectivity index (χ3n) is 5.22. The van der Waals surface area contributed by atoms with Crippen LogP contribution in [-0.4, -0.2) is 33.2 Å². The minimum absolute atomic E-state index is 0.0641. The van der Waals surface area contributed by atoms with Crippen molar-refractivity contribution in [2.45, 2.75) is 18.0 Å². The molecule has 0 spiro atoms. The zero-order valence-corrected chi connectivity index (χ0v) is 17.7. The lowest BCUT2D eigenvalue weighted by molar-refractivity contribution is -0.183. The number of nitriles is 1. The lowest BCUT2D eigenvalue weighted by Crippen LogP contribution is -2.44. The lowest BCUT2D eigenvalue weighted by atomic mass is 9.76. The van der Waals surface area contributed by atoms with Crippen molar-refractivity contribution in [2.75, 3.05) is 6.54 Å². The van der Waals surface area contributed by atoms with Crippen LogP contribution in [-0.2, 0) is 5.41 Å². The van der Waals surface area contributed by atoms with Gasteiger partial charge in [-0.3, -0.25) is 4.99 Å². The number of aliphatic imine (C=N–C) groups is 1. The number of hydrogen-bond acceptors (Lipinski definition) is 4. The summed E-state index contributed by atoms with van der Waals surface area (Å²) in [6.45, 7) is -0.559. The van der Waals surface area contributed by atoms with E-state index in [-0.39, 0.29) is 31.9 Å². The maximum absolute atomic E-state index is 14.3. The predicted molar refractivity (Wildman–Crippen MR) is 111 cm³/mol. The Bertz CT molecular complexity index is 1230. The second-order valence-corrected chi connectivity index (χ2v) is 8.09. The molecule has 1 aromatic heterocycles. The summed E-state index contributed by atoms with van der Waals surface area (Å²) >= 11 is 18.1. The Balaban J connectivity index is 1.76. The first-order chi connectivity index (χ1) is 14.7. The molecule has 2 aromatic carbocycles. The molecule has 3 aromatic rings. The molecule has 1 atom stereocenters. The molecule has 0 radical (unpaired) electrons. The highest BCUT2D eigenvalue weighted by atomic mass is 35.5. The molecule has 11 heteroatoms. The normalized spacial score (nSPS) is 18.7. The van der Waals surface area contributed by atoms with E-state index in [1.54, 1.807) is 12.1 Å². The van der Waals surface area contributed by atoms with Gasteiger partial charge in [0.05, 0.1) is 32.9 Å². The lowest BCUT2D eigenvalue weighted by Gasteiger charge is -2.32. The van der Waals surface area contributed by atoms with Crippen LogP contribution in [0.1, 0.15) is 23.1 Å². The smallest absolute Gasteiger partial charge is 0.288 e. The highest BCUT2D eigenvalue weighted by Crippen LogP contribution is 2.51. The number of alkyl halides is 3. The minimum atomic E-state index is -4.65. The summed E-state index contributed by atoms with van der Waals surface area (Å²) in [5.41, 5.74) is -1.25. The third-order valence-corrected chi connectivity index (χ3v) is 6.51. The fraction of sp³-hybridized carbons (Fsp3) is 0.200. The minimum Gasteiger partial charge on any atom is -0.288 e. The fourth-order valence-corrected chi connectivity index (χ4v) is 4.29. The summed E-state index contributed by atoms with van der Waals surface area (Å²) in [4.78, 5) is 8.02. The van der Waals surface area contributed by atoms with Gasteiger partial charge in [-0.05, 0) is 29.3 Å². The standard InChI is InChI=1S/C20H11Cl3F3N5/c21-14-3-2-13(17(22)18(14)23)19(20(24,25)26)6-15(29-8-19)11-1-4-16(12(5-11)7-27)31-10-28-9-30-31/h1-5,9-10H,6,8H2. The van der Waals surface area contributed by atoms with E-state index in [0.717, 1.165) is 0 Å². The summed E-state index contributed by atoms with van der Waals surface area (Å²) in [5, 5.41) is 13.2. The number of nitrogens with zero attached hydrogens (tertiary/aromatic N) is 5. The summed E-state index contributed by atoms with van der Waals surface area (Å²) in [6, 6.07) is 9.23. The molecule has 0 amide bonds. The van der Waals surface area contributed by atoms with E-state index in [1.807, 2.05) is 6.07 Å². The molecule has 0 N–H and O–H groups in total. The van der Waals surface area contributed by atoms with E-state index in [0.29, 0.717) is 11.3 Å². The van der Waals surface area contributed by atoms with Crippen LogP contribution in [0.2, 0.25) is 15.1 Å². The van der Waals surface area contributed by atoms with Crippen molar-refractivity contribution in [1.29, 1.82) is 5.26 Å². The summed E-state index contributed by atoms with van der Waals surface area (Å²) in [5.74, 6) is 0. The SMILES string of the molecule is N#Cc1cc(C2=NCC(c3ccc(Cl)c(Cl)c3Cl)(C(F)(F)F)C2)ccc1-n1cncn1. The van der Waals surface area contributed by atoms with Crippen LogP contribution in [0.15, 0.2) is 48.0 Å². The van der Waals surface area contributed by atoms with E-state index in [9.17, 15) is 18.4 Å². The average molecular weight is 485 g/mol. The molecule has 0 bridgehead atoms. The largest absolute Gasteiger partial charge is 0.400 e. The molecule has 1 aliphatic heterocycles. The van der Waals surface area contributed by atoms with Crippen molar-refractivity contribution in [3.05, 3.63) is 74.7 Å². The molecule has 2 heterocycles. The van der Waals surface area contributed by atoms with Crippen LogP contribution in [0.5, 0.6) is 0 Å². The predicted octanol–water partition coefficient (Wildman–Crippen LogP) is 5.79. The summed E-state index contributed by atoms with van der Waals surface area (Å²) < 4.78 is 44.4. The molecule has 158 valence electrons. The quantitative estimate of drug-likeness (QED) is 0.442. The first-order valence-electron chi connectivity index (χ1n) is 8.81. The van der Waals surface area contributed by atoms with Gasteiger partial charge in [0.25, 0.3) is 0 Å². The van der Waals surface area contributed by atoms with Crippen molar-refractivity contribution in [2.24, 2.45) is 4.99 Å². The van der Waals surface area contributed by atoms with E-state index >= 15 is 0 Å². The number of rotatable bonds is 3. The average Bonchev–Trinajstić information content (AvgIpc) is 3.42. The Morgan fingerprint density at radius 2 is 1.87 bits per heavy atom. The zero-order valence-electron chi connectivity index (χ0n) is 15.5. The number of hydrogen-bond donors (Lipinski definition) is 0. The molecule has 0 aliphatic carbocycles. The van der Waals surface area contributed by atoms with Gasteiger partial charge in [-0.15, -0.1) is 0 Å². The Morgan fingerprint density at radius 3 is 2.52 bits per heavy atom. The second kappa shape index (κ2) is 7.83. The second-order valence-electron chi connectivity index (χ2n) is 6.93.